The van der Waals surface area contributed by atoms with Crippen LogP contribution in [0.3, 0.4) is 0 Å². The van der Waals surface area contributed by atoms with Crippen LogP contribution in [0, 0.1) is 0 Å². The first-order valence-corrected chi connectivity index (χ1v) is 11.1. The number of carbonyl (C=O) groups is 2. The third kappa shape index (κ3) is 8.26. The SMILES string of the molecule is CCOC(=O)Cc1ccc(CC(SC)N(C(=O)OC(C)(C)C)C(C)(C)OC)cc1. The highest BCUT2D eigenvalue weighted by molar-refractivity contribution is 7.99. The molecule has 1 aromatic rings. The molecule has 0 aromatic heterocycles. The lowest BCUT2D eigenvalue weighted by Crippen LogP contribution is -2.55. The molecule has 0 heterocycles. The van der Waals surface area contributed by atoms with E-state index in [1.807, 2.05) is 65.1 Å². The van der Waals surface area contributed by atoms with Gasteiger partial charge in [-0.15, -0.1) is 11.8 Å². The zero-order chi connectivity index (χ0) is 22.2. The molecule has 0 aliphatic heterocycles. The largest absolute Gasteiger partial charge is 0.466 e. The minimum atomic E-state index is -0.833. The van der Waals surface area contributed by atoms with Gasteiger partial charge in [-0.05, 0) is 58.9 Å². The second-order valence-corrected chi connectivity index (χ2v) is 9.21. The summed E-state index contributed by atoms with van der Waals surface area (Å²) in [4.78, 5) is 26.2. The summed E-state index contributed by atoms with van der Waals surface area (Å²) in [5.41, 5.74) is 0.517. The maximum Gasteiger partial charge on any atom is 0.413 e. The van der Waals surface area contributed by atoms with Crippen molar-refractivity contribution < 1.29 is 23.8 Å². The summed E-state index contributed by atoms with van der Waals surface area (Å²) in [6, 6.07) is 7.79. The van der Waals surface area contributed by atoms with E-state index < -0.39 is 17.4 Å². The number of nitrogens with zero attached hydrogens (tertiary/aromatic N) is 1. The van der Waals surface area contributed by atoms with E-state index in [1.54, 1.807) is 30.7 Å². The highest BCUT2D eigenvalue weighted by Gasteiger charge is 2.39. The number of hydrogen-bond donors (Lipinski definition) is 0. The lowest BCUT2D eigenvalue weighted by molar-refractivity contribution is -0.142. The molecule has 0 saturated heterocycles. The highest BCUT2D eigenvalue weighted by Crippen LogP contribution is 2.29. The van der Waals surface area contributed by atoms with Crippen molar-refractivity contribution in [1.82, 2.24) is 4.90 Å². The van der Waals surface area contributed by atoms with E-state index in [9.17, 15) is 9.59 Å². The Bertz CT molecular complexity index is 667. The molecule has 164 valence electrons. The molecule has 0 bridgehead atoms. The van der Waals surface area contributed by atoms with Gasteiger partial charge >= 0.3 is 12.1 Å². The van der Waals surface area contributed by atoms with E-state index in [4.69, 9.17) is 14.2 Å². The van der Waals surface area contributed by atoms with Crippen LogP contribution in [-0.2, 0) is 31.8 Å². The Kier molecular flexibility index (Phi) is 9.49. The third-order valence-corrected chi connectivity index (χ3v) is 5.24. The number of methoxy groups -OCH3 is 1. The van der Waals surface area contributed by atoms with Crippen LogP contribution >= 0.6 is 11.8 Å². The van der Waals surface area contributed by atoms with Gasteiger partial charge < -0.3 is 14.2 Å². The van der Waals surface area contributed by atoms with Gasteiger partial charge in [-0.2, -0.15) is 0 Å². The van der Waals surface area contributed by atoms with Gasteiger partial charge in [-0.1, -0.05) is 24.3 Å². The fourth-order valence-electron chi connectivity index (χ4n) is 2.75. The smallest absolute Gasteiger partial charge is 0.413 e. The zero-order valence-electron chi connectivity index (χ0n) is 18.9. The number of rotatable bonds is 9. The maximum atomic E-state index is 13.0. The van der Waals surface area contributed by atoms with Crippen molar-refractivity contribution in [2.24, 2.45) is 0 Å². The third-order valence-electron chi connectivity index (χ3n) is 4.32. The molecule has 0 spiro atoms. The fraction of sp³-hybridized carbons (Fsp3) is 0.636. The van der Waals surface area contributed by atoms with E-state index in [-0.39, 0.29) is 17.8 Å². The molecule has 7 heteroatoms. The van der Waals surface area contributed by atoms with E-state index >= 15 is 0 Å². The second-order valence-electron chi connectivity index (χ2n) is 8.19. The van der Waals surface area contributed by atoms with Crippen molar-refractivity contribution in [3.63, 3.8) is 0 Å². The average Bonchev–Trinajstić information content (AvgIpc) is 2.61. The van der Waals surface area contributed by atoms with Crippen LogP contribution in [0.4, 0.5) is 4.79 Å². The Labute approximate surface area is 179 Å². The average molecular weight is 426 g/mol. The van der Waals surface area contributed by atoms with Gasteiger partial charge in [-0.25, -0.2) is 4.79 Å². The van der Waals surface area contributed by atoms with Crippen LogP contribution in [0.25, 0.3) is 0 Å². The standard InChI is InChI=1S/C22H35NO5S/c1-9-27-19(24)15-17-12-10-16(11-13-17)14-18(29-8)23(22(5,6)26-7)20(25)28-21(2,3)4/h10-13,18H,9,14-15H2,1-8H3. The van der Waals surface area contributed by atoms with Crippen LogP contribution in [0.15, 0.2) is 24.3 Å². The first-order valence-electron chi connectivity index (χ1n) is 9.77. The zero-order valence-corrected chi connectivity index (χ0v) is 19.7. The van der Waals surface area contributed by atoms with Gasteiger partial charge in [0.05, 0.1) is 18.4 Å². The van der Waals surface area contributed by atoms with Crippen molar-refractivity contribution in [3.05, 3.63) is 35.4 Å². The van der Waals surface area contributed by atoms with Crippen molar-refractivity contribution in [2.75, 3.05) is 20.0 Å². The minimum Gasteiger partial charge on any atom is -0.466 e. The first-order chi connectivity index (χ1) is 13.4. The van der Waals surface area contributed by atoms with Crippen LogP contribution in [0.2, 0.25) is 0 Å². The van der Waals surface area contributed by atoms with Crippen LogP contribution < -0.4 is 0 Å². The Hall–Kier alpha value is -1.73. The Balaban J connectivity index is 3.01. The molecule has 1 rings (SSSR count). The molecule has 0 saturated carbocycles. The van der Waals surface area contributed by atoms with Crippen LogP contribution in [-0.4, -0.2) is 53.6 Å². The van der Waals surface area contributed by atoms with Gasteiger partial charge in [0.25, 0.3) is 0 Å². The lowest BCUT2D eigenvalue weighted by atomic mass is 10.1. The van der Waals surface area contributed by atoms with E-state index in [0.29, 0.717) is 13.0 Å². The normalized spacial score (nSPS) is 13.0. The van der Waals surface area contributed by atoms with Crippen molar-refractivity contribution in [2.45, 2.75) is 71.1 Å². The van der Waals surface area contributed by atoms with Crippen molar-refractivity contribution in [3.8, 4) is 0 Å². The van der Waals surface area contributed by atoms with Gasteiger partial charge in [0, 0.05) is 13.5 Å². The maximum absolute atomic E-state index is 13.0. The molecule has 1 atom stereocenters. The van der Waals surface area contributed by atoms with Crippen LogP contribution in [0.5, 0.6) is 0 Å². The predicted octanol–water partition coefficient (Wildman–Crippen LogP) is 4.64. The number of amides is 1. The molecule has 0 radical (unpaired) electrons. The Morgan fingerprint density at radius 2 is 1.62 bits per heavy atom. The molecule has 0 aliphatic rings. The van der Waals surface area contributed by atoms with Crippen molar-refractivity contribution >= 4 is 23.8 Å². The molecule has 0 fully saturated rings. The van der Waals surface area contributed by atoms with Gasteiger partial charge in [0.2, 0.25) is 0 Å². The number of carbonyl (C=O) groups excluding carboxylic acids is 2. The van der Waals surface area contributed by atoms with E-state index in [1.165, 1.54) is 0 Å². The Morgan fingerprint density at radius 3 is 2.07 bits per heavy atom. The Morgan fingerprint density at radius 1 is 1.07 bits per heavy atom. The van der Waals surface area contributed by atoms with Gasteiger partial charge in [0.15, 0.2) is 0 Å². The number of hydrogen-bond acceptors (Lipinski definition) is 6. The van der Waals surface area contributed by atoms with Crippen molar-refractivity contribution in [1.29, 1.82) is 0 Å². The van der Waals surface area contributed by atoms with E-state index in [2.05, 4.69) is 0 Å². The second kappa shape index (κ2) is 10.9. The summed E-state index contributed by atoms with van der Waals surface area (Å²) in [6.45, 7) is 11.4. The van der Waals surface area contributed by atoms with Gasteiger partial charge in [0.1, 0.15) is 11.3 Å². The highest BCUT2D eigenvalue weighted by atomic mass is 32.2. The fourth-order valence-corrected chi connectivity index (χ4v) is 3.66. The molecule has 0 aliphatic carbocycles. The number of esters is 1. The summed E-state index contributed by atoms with van der Waals surface area (Å²) >= 11 is 1.56. The topological polar surface area (TPSA) is 65.1 Å². The quantitative estimate of drug-likeness (QED) is 0.424. The molecule has 0 N–H and O–H groups in total. The molecular formula is C22H35NO5S. The molecule has 1 amide bonds. The predicted molar refractivity (Wildman–Crippen MR) is 117 cm³/mol. The molecule has 29 heavy (non-hydrogen) atoms. The molecule has 1 unspecified atom stereocenters. The first kappa shape index (κ1) is 25.3. The summed E-state index contributed by atoms with van der Waals surface area (Å²) < 4.78 is 16.2. The van der Waals surface area contributed by atoms with E-state index in [0.717, 1.165) is 11.1 Å². The summed E-state index contributed by atoms with van der Waals surface area (Å²) in [7, 11) is 1.58. The summed E-state index contributed by atoms with van der Waals surface area (Å²) in [5, 5.41) is -0.185. The lowest BCUT2D eigenvalue weighted by Gasteiger charge is -2.42. The molecular weight excluding hydrogens is 390 g/mol. The van der Waals surface area contributed by atoms with Gasteiger partial charge in [-0.3, -0.25) is 9.69 Å². The molecule has 6 nitrogen and oxygen atoms in total. The summed E-state index contributed by atoms with van der Waals surface area (Å²) in [6.07, 6.45) is 2.42. The number of benzene rings is 1. The molecule has 1 aromatic carbocycles. The minimum absolute atomic E-state index is 0.185. The monoisotopic (exact) mass is 425 g/mol. The van der Waals surface area contributed by atoms with Crippen LogP contribution in [0.1, 0.15) is 52.7 Å². The number of thioether (sulfide) groups is 1. The number of ether oxygens (including phenoxy) is 3. The summed E-state index contributed by atoms with van der Waals surface area (Å²) in [5.74, 6) is -0.236.